The van der Waals surface area contributed by atoms with E-state index in [1.807, 2.05) is 23.9 Å². The zero-order chi connectivity index (χ0) is 12.6. The molecule has 2 aromatic rings. The largest absolute Gasteiger partial charge is 0.384 e. The van der Waals surface area contributed by atoms with Crippen LogP contribution in [0.25, 0.3) is 0 Å². The molecule has 3 heteroatoms. The van der Waals surface area contributed by atoms with Crippen LogP contribution in [0.4, 0.5) is 5.69 Å². The molecular formula is C15H16BrNS. The van der Waals surface area contributed by atoms with Crippen molar-refractivity contribution in [2.75, 3.05) is 17.6 Å². The Kier molecular flexibility index (Phi) is 5.62. The molecule has 0 atom stereocenters. The number of benzene rings is 2. The molecule has 0 radical (unpaired) electrons. The van der Waals surface area contributed by atoms with Crippen molar-refractivity contribution in [2.45, 2.75) is 5.75 Å². The van der Waals surface area contributed by atoms with E-state index in [9.17, 15) is 0 Å². The Balaban J connectivity index is 1.65. The SMILES string of the molecule is Brc1cccc(NCCSCc2ccccc2)c1. The summed E-state index contributed by atoms with van der Waals surface area (Å²) in [6.45, 7) is 0.994. The smallest absolute Gasteiger partial charge is 0.0351 e. The Hall–Kier alpha value is -0.930. The molecule has 94 valence electrons. The van der Waals surface area contributed by atoms with Gasteiger partial charge in [0.05, 0.1) is 0 Å². The third-order valence-electron chi connectivity index (χ3n) is 2.51. The van der Waals surface area contributed by atoms with Gasteiger partial charge in [-0.25, -0.2) is 0 Å². The lowest BCUT2D eigenvalue weighted by molar-refractivity contribution is 1.22. The van der Waals surface area contributed by atoms with Crippen LogP contribution in [0.1, 0.15) is 5.56 Å². The monoisotopic (exact) mass is 321 g/mol. The molecule has 0 fully saturated rings. The van der Waals surface area contributed by atoms with Crippen LogP contribution in [-0.4, -0.2) is 12.3 Å². The summed E-state index contributed by atoms with van der Waals surface area (Å²) in [5.74, 6) is 2.20. The van der Waals surface area contributed by atoms with E-state index in [-0.39, 0.29) is 0 Å². The van der Waals surface area contributed by atoms with Crippen molar-refractivity contribution in [3.63, 3.8) is 0 Å². The molecule has 1 N–H and O–H groups in total. The fraction of sp³-hybridized carbons (Fsp3) is 0.200. The highest BCUT2D eigenvalue weighted by molar-refractivity contribution is 9.10. The summed E-state index contributed by atoms with van der Waals surface area (Å²) in [5, 5.41) is 3.42. The van der Waals surface area contributed by atoms with Crippen molar-refractivity contribution in [3.8, 4) is 0 Å². The first-order valence-electron chi connectivity index (χ1n) is 5.96. The van der Waals surface area contributed by atoms with Gasteiger partial charge in [0.2, 0.25) is 0 Å². The van der Waals surface area contributed by atoms with Gasteiger partial charge in [0.15, 0.2) is 0 Å². The number of rotatable bonds is 6. The average Bonchev–Trinajstić information content (AvgIpc) is 2.40. The van der Waals surface area contributed by atoms with Crippen molar-refractivity contribution in [1.82, 2.24) is 0 Å². The van der Waals surface area contributed by atoms with Crippen LogP contribution >= 0.6 is 27.7 Å². The van der Waals surface area contributed by atoms with E-state index in [1.165, 1.54) is 11.3 Å². The molecule has 0 aromatic heterocycles. The molecular weight excluding hydrogens is 306 g/mol. The fourth-order valence-corrected chi connectivity index (χ4v) is 2.85. The molecule has 0 aliphatic heterocycles. The Morgan fingerprint density at radius 3 is 2.61 bits per heavy atom. The maximum absolute atomic E-state index is 3.47. The molecule has 0 amide bonds. The lowest BCUT2D eigenvalue weighted by Crippen LogP contribution is -2.03. The summed E-state index contributed by atoms with van der Waals surface area (Å²) in [4.78, 5) is 0. The van der Waals surface area contributed by atoms with Crippen LogP contribution in [0.5, 0.6) is 0 Å². The van der Waals surface area contributed by atoms with E-state index in [0.29, 0.717) is 0 Å². The highest BCUT2D eigenvalue weighted by Gasteiger charge is 1.94. The van der Waals surface area contributed by atoms with Crippen LogP contribution in [0, 0.1) is 0 Å². The van der Waals surface area contributed by atoms with Gasteiger partial charge in [0, 0.05) is 28.2 Å². The van der Waals surface area contributed by atoms with E-state index in [4.69, 9.17) is 0 Å². The molecule has 0 aliphatic rings. The fourth-order valence-electron chi connectivity index (χ4n) is 1.63. The minimum absolute atomic E-state index is 0.994. The van der Waals surface area contributed by atoms with Crippen LogP contribution in [-0.2, 0) is 5.75 Å². The van der Waals surface area contributed by atoms with Gasteiger partial charge in [0.25, 0.3) is 0 Å². The number of hydrogen-bond donors (Lipinski definition) is 1. The summed E-state index contributed by atoms with van der Waals surface area (Å²) in [6.07, 6.45) is 0. The van der Waals surface area contributed by atoms with Gasteiger partial charge in [-0.1, -0.05) is 52.3 Å². The highest BCUT2D eigenvalue weighted by Crippen LogP contribution is 2.16. The molecule has 0 heterocycles. The topological polar surface area (TPSA) is 12.0 Å². The van der Waals surface area contributed by atoms with Gasteiger partial charge in [-0.15, -0.1) is 0 Å². The normalized spacial score (nSPS) is 10.3. The van der Waals surface area contributed by atoms with Crippen molar-refractivity contribution in [1.29, 1.82) is 0 Å². The van der Waals surface area contributed by atoms with Crippen molar-refractivity contribution >= 4 is 33.4 Å². The van der Waals surface area contributed by atoms with Gasteiger partial charge >= 0.3 is 0 Å². The molecule has 0 spiro atoms. The predicted molar refractivity (Wildman–Crippen MR) is 85.2 cm³/mol. The second-order valence-corrected chi connectivity index (χ2v) is 6.00. The first kappa shape index (κ1) is 13.5. The van der Waals surface area contributed by atoms with Crippen molar-refractivity contribution in [3.05, 3.63) is 64.6 Å². The summed E-state index contributed by atoms with van der Waals surface area (Å²) in [6, 6.07) is 18.9. The molecule has 0 unspecified atom stereocenters. The minimum Gasteiger partial charge on any atom is -0.384 e. The maximum atomic E-state index is 3.47. The van der Waals surface area contributed by atoms with Crippen molar-refractivity contribution in [2.24, 2.45) is 0 Å². The van der Waals surface area contributed by atoms with Gasteiger partial charge in [0.1, 0.15) is 0 Å². The van der Waals surface area contributed by atoms with Crippen LogP contribution in [0.3, 0.4) is 0 Å². The zero-order valence-corrected chi connectivity index (χ0v) is 12.5. The molecule has 0 bridgehead atoms. The molecule has 1 nitrogen and oxygen atoms in total. The highest BCUT2D eigenvalue weighted by atomic mass is 79.9. The number of nitrogens with one attached hydrogen (secondary N) is 1. The lowest BCUT2D eigenvalue weighted by Gasteiger charge is -2.06. The van der Waals surface area contributed by atoms with E-state index in [1.54, 1.807) is 0 Å². The van der Waals surface area contributed by atoms with E-state index in [2.05, 4.69) is 63.7 Å². The molecule has 2 aromatic carbocycles. The Labute approximate surface area is 121 Å². The van der Waals surface area contributed by atoms with E-state index < -0.39 is 0 Å². The van der Waals surface area contributed by atoms with Gasteiger partial charge < -0.3 is 5.32 Å². The average molecular weight is 322 g/mol. The predicted octanol–water partition coefficient (Wildman–Crippen LogP) is 4.79. The molecule has 0 aliphatic carbocycles. The first-order chi connectivity index (χ1) is 8.84. The van der Waals surface area contributed by atoms with Crippen LogP contribution in [0.2, 0.25) is 0 Å². The summed E-state index contributed by atoms with van der Waals surface area (Å²) >= 11 is 5.43. The Bertz CT molecular complexity index is 473. The van der Waals surface area contributed by atoms with Gasteiger partial charge in [-0.05, 0) is 23.8 Å². The number of halogens is 1. The molecule has 2 rings (SSSR count). The van der Waals surface area contributed by atoms with Crippen molar-refractivity contribution < 1.29 is 0 Å². The van der Waals surface area contributed by atoms with Crippen LogP contribution < -0.4 is 5.32 Å². The summed E-state index contributed by atoms with van der Waals surface area (Å²) < 4.78 is 1.12. The Morgan fingerprint density at radius 1 is 1.00 bits per heavy atom. The number of thioether (sulfide) groups is 1. The number of anilines is 1. The van der Waals surface area contributed by atoms with E-state index in [0.717, 1.165) is 22.5 Å². The standard InChI is InChI=1S/C15H16BrNS/c16-14-7-4-8-15(11-14)17-9-10-18-12-13-5-2-1-3-6-13/h1-8,11,17H,9-10,12H2. The quantitative estimate of drug-likeness (QED) is 0.767. The zero-order valence-electron chi connectivity index (χ0n) is 10.1. The first-order valence-corrected chi connectivity index (χ1v) is 7.90. The minimum atomic E-state index is 0.994. The second kappa shape index (κ2) is 7.49. The third-order valence-corrected chi connectivity index (χ3v) is 4.04. The summed E-state index contributed by atoms with van der Waals surface area (Å²) in [7, 11) is 0. The number of hydrogen-bond acceptors (Lipinski definition) is 2. The van der Waals surface area contributed by atoms with E-state index >= 15 is 0 Å². The lowest BCUT2D eigenvalue weighted by atomic mass is 10.2. The summed E-state index contributed by atoms with van der Waals surface area (Å²) in [5.41, 5.74) is 2.56. The Morgan fingerprint density at radius 2 is 1.83 bits per heavy atom. The molecule has 18 heavy (non-hydrogen) atoms. The molecule has 0 saturated heterocycles. The third kappa shape index (κ3) is 4.75. The second-order valence-electron chi connectivity index (χ2n) is 3.98. The van der Waals surface area contributed by atoms with Gasteiger partial charge in [-0.3, -0.25) is 0 Å². The molecule has 0 saturated carbocycles. The maximum Gasteiger partial charge on any atom is 0.0351 e. The van der Waals surface area contributed by atoms with Crippen LogP contribution in [0.15, 0.2) is 59.1 Å². The van der Waals surface area contributed by atoms with Gasteiger partial charge in [-0.2, -0.15) is 11.8 Å².